The summed E-state index contributed by atoms with van der Waals surface area (Å²) in [5, 5.41) is 3.30. The van der Waals surface area contributed by atoms with Gasteiger partial charge in [-0.25, -0.2) is 0 Å². The monoisotopic (exact) mass is 546 g/mol. The van der Waals surface area contributed by atoms with Crippen LogP contribution in [0.25, 0.3) is 0 Å². The molecule has 4 rings (SSSR count). The molecule has 4 nitrogen and oxygen atoms in total. The Hall–Kier alpha value is -2.92. The van der Waals surface area contributed by atoms with Gasteiger partial charge in [0.05, 0.1) is 0 Å². The molecule has 5 heteroatoms. The molecule has 0 aromatic heterocycles. The number of hydrogen-bond acceptors (Lipinski definition) is 2. The summed E-state index contributed by atoms with van der Waals surface area (Å²) >= 11 is 3.55. The fraction of sp³-hybridized carbons (Fsp3) is 0.355. The zero-order valence-electron chi connectivity index (χ0n) is 20.7. The van der Waals surface area contributed by atoms with Gasteiger partial charge in [-0.3, -0.25) is 9.59 Å². The number of rotatable bonds is 10. The van der Waals surface area contributed by atoms with Crippen LogP contribution in [-0.2, 0) is 29.0 Å². The minimum absolute atomic E-state index is 0.00134. The van der Waals surface area contributed by atoms with Crippen LogP contribution in [0.15, 0.2) is 89.4 Å². The first-order valence-electron chi connectivity index (χ1n) is 13.0. The number of hydrogen-bond donors (Lipinski definition) is 1. The zero-order valence-corrected chi connectivity index (χ0v) is 22.3. The minimum Gasteiger partial charge on any atom is -0.352 e. The molecule has 0 radical (unpaired) electrons. The first-order valence-corrected chi connectivity index (χ1v) is 13.8. The van der Waals surface area contributed by atoms with Gasteiger partial charge in [0.25, 0.3) is 0 Å². The van der Waals surface area contributed by atoms with Crippen molar-refractivity contribution in [3.63, 3.8) is 0 Å². The van der Waals surface area contributed by atoms with E-state index in [0.29, 0.717) is 25.8 Å². The van der Waals surface area contributed by atoms with Crippen molar-refractivity contribution >= 4 is 27.7 Å². The Kier molecular flexibility index (Phi) is 9.74. The molecule has 1 aliphatic carbocycles. The Labute approximate surface area is 223 Å². The molecule has 0 heterocycles. The van der Waals surface area contributed by atoms with E-state index in [-0.39, 0.29) is 17.9 Å². The fourth-order valence-electron chi connectivity index (χ4n) is 4.97. The molecule has 36 heavy (non-hydrogen) atoms. The van der Waals surface area contributed by atoms with Crippen molar-refractivity contribution < 1.29 is 9.59 Å². The van der Waals surface area contributed by atoms with Gasteiger partial charge in [0.1, 0.15) is 6.04 Å². The van der Waals surface area contributed by atoms with Crippen LogP contribution in [0.4, 0.5) is 0 Å². The largest absolute Gasteiger partial charge is 0.352 e. The van der Waals surface area contributed by atoms with Crippen LogP contribution in [0.5, 0.6) is 0 Å². The van der Waals surface area contributed by atoms with Gasteiger partial charge in [0.2, 0.25) is 11.8 Å². The lowest BCUT2D eigenvalue weighted by atomic mass is 9.94. The lowest BCUT2D eigenvalue weighted by Gasteiger charge is -2.33. The average Bonchev–Trinajstić information content (AvgIpc) is 2.91. The van der Waals surface area contributed by atoms with Gasteiger partial charge in [0.15, 0.2) is 0 Å². The van der Waals surface area contributed by atoms with Crippen molar-refractivity contribution in [1.29, 1.82) is 0 Å². The van der Waals surface area contributed by atoms with Crippen LogP contribution in [0.1, 0.15) is 55.2 Å². The normalized spacial score (nSPS) is 14.7. The van der Waals surface area contributed by atoms with Crippen molar-refractivity contribution in [2.24, 2.45) is 0 Å². The molecule has 0 saturated heterocycles. The molecule has 2 amide bonds. The molecule has 1 N–H and O–H groups in total. The molecule has 0 unspecified atom stereocenters. The molecule has 188 valence electrons. The molecular formula is C31H35BrN2O2. The number of nitrogens with zero attached hydrogens (tertiary/aromatic N) is 1. The smallest absolute Gasteiger partial charge is 0.243 e. The van der Waals surface area contributed by atoms with Crippen molar-refractivity contribution in [2.75, 3.05) is 0 Å². The van der Waals surface area contributed by atoms with Gasteiger partial charge in [-0.05, 0) is 48.1 Å². The van der Waals surface area contributed by atoms with E-state index in [1.165, 1.54) is 6.42 Å². The summed E-state index contributed by atoms with van der Waals surface area (Å²) in [6.07, 6.45) is 7.04. The third-order valence-corrected chi connectivity index (χ3v) is 7.43. The molecule has 0 aliphatic heterocycles. The average molecular weight is 548 g/mol. The Balaban J connectivity index is 1.60. The van der Waals surface area contributed by atoms with Crippen LogP contribution in [0.2, 0.25) is 0 Å². The van der Waals surface area contributed by atoms with Crippen molar-refractivity contribution in [2.45, 2.75) is 70.0 Å². The lowest BCUT2D eigenvalue weighted by Crippen LogP contribution is -2.52. The predicted octanol–water partition coefficient (Wildman–Crippen LogP) is 6.47. The van der Waals surface area contributed by atoms with Gasteiger partial charge in [-0.2, -0.15) is 0 Å². The number of carbonyl (C=O) groups excluding carboxylic acids is 2. The zero-order chi connectivity index (χ0) is 25.2. The molecule has 3 aromatic rings. The summed E-state index contributed by atoms with van der Waals surface area (Å²) in [5.74, 6) is -0.0487. The van der Waals surface area contributed by atoms with Crippen LogP contribution in [0, 0.1) is 0 Å². The van der Waals surface area contributed by atoms with Gasteiger partial charge < -0.3 is 10.2 Å². The maximum Gasteiger partial charge on any atom is 0.243 e. The SMILES string of the molecule is O=C(NC1CCCCC1)[C@@H](Cc1ccccc1)N(Cc1cccc(Br)c1)C(=O)CCc1ccccc1. The van der Waals surface area contributed by atoms with E-state index in [2.05, 4.69) is 21.2 Å². The summed E-state index contributed by atoms with van der Waals surface area (Å²) < 4.78 is 0.961. The van der Waals surface area contributed by atoms with Crippen LogP contribution >= 0.6 is 15.9 Å². The second-order valence-electron chi connectivity index (χ2n) is 9.69. The second-order valence-corrected chi connectivity index (χ2v) is 10.6. The molecule has 1 fully saturated rings. The number of amides is 2. The first-order chi connectivity index (χ1) is 17.6. The molecule has 0 spiro atoms. The molecule has 1 atom stereocenters. The van der Waals surface area contributed by atoms with Gasteiger partial charge in [-0.15, -0.1) is 0 Å². The summed E-state index contributed by atoms with van der Waals surface area (Å²) in [4.78, 5) is 29.3. The Morgan fingerprint density at radius 3 is 2.14 bits per heavy atom. The number of halogens is 1. The van der Waals surface area contributed by atoms with Crippen LogP contribution in [-0.4, -0.2) is 28.8 Å². The fourth-order valence-corrected chi connectivity index (χ4v) is 5.42. The molecule has 1 aliphatic rings. The third kappa shape index (κ3) is 7.79. The van der Waals surface area contributed by atoms with Crippen molar-refractivity contribution in [3.05, 3.63) is 106 Å². The Morgan fingerprint density at radius 2 is 1.47 bits per heavy atom. The highest BCUT2D eigenvalue weighted by Gasteiger charge is 2.31. The maximum atomic E-state index is 13.8. The van der Waals surface area contributed by atoms with Crippen LogP contribution in [0.3, 0.4) is 0 Å². The van der Waals surface area contributed by atoms with Gasteiger partial charge >= 0.3 is 0 Å². The lowest BCUT2D eigenvalue weighted by molar-refractivity contribution is -0.141. The highest BCUT2D eigenvalue weighted by molar-refractivity contribution is 9.10. The second kappa shape index (κ2) is 13.4. The van der Waals surface area contributed by atoms with Gasteiger partial charge in [-0.1, -0.05) is 108 Å². The van der Waals surface area contributed by atoms with Crippen molar-refractivity contribution in [3.8, 4) is 0 Å². The third-order valence-electron chi connectivity index (χ3n) is 6.93. The number of benzene rings is 3. The van der Waals surface area contributed by atoms with Crippen molar-refractivity contribution in [1.82, 2.24) is 10.2 Å². The molecule has 0 bridgehead atoms. The maximum absolute atomic E-state index is 13.8. The van der Waals surface area contributed by atoms with Crippen LogP contribution < -0.4 is 5.32 Å². The molecule has 3 aromatic carbocycles. The summed E-state index contributed by atoms with van der Waals surface area (Å²) in [6, 6.07) is 27.7. The number of aryl methyl sites for hydroxylation is 1. The van der Waals surface area contributed by atoms with Gasteiger partial charge in [0, 0.05) is 29.9 Å². The van der Waals surface area contributed by atoms with E-state index >= 15 is 0 Å². The highest BCUT2D eigenvalue weighted by atomic mass is 79.9. The Morgan fingerprint density at radius 1 is 0.833 bits per heavy atom. The Bertz CT molecular complexity index is 1110. The summed E-state index contributed by atoms with van der Waals surface area (Å²) in [7, 11) is 0. The van der Waals surface area contributed by atoms with E-state index in [1.54, 1.807) is 4.90 Å². The highest BCUT2D eigenvalue weighted by Crippen LogP contribution is 2.21. The number of carbonyl (C=O) groups is 2. The van der Waals surface area contributed by atoms with E-state index in [9.17, 15) is 9.59 Å². The minimum atomic E-state index is -0.573. The summed E-state index contributed by atoms with van der Waals surface area (Å²) in [5.41, 5.74) is 3.18. The predicted molar refractivity (Wildman–Crippen MR) is 148 cm³/mol. The standard InChI is InChI=1S/C31H35BrN2O2/c32-27-16-10-15-26(21-27)23-34(30(35)20-19-24-11-4-1-5-12-24)29(22-25-13-6-2-7-14-25)31(36)33-28-17-8-3-9-18-28/h1-2,4-7,10-16,21,28-29H,3,8-9,17-20,22-23H2,(H,33,36)/t29-/m1/s1. The van der Waals surface area contributed by atoms with E-state index in [1.807, 2.05) is 84.9 Å². The quantitative estimate of drug-likeness (QED) is 0.316. The molecular weight excluding hydrogens is 512 g/mol. The van der Waals surface area contributed by atoms with E-state index < -0.39 is 6.04 Å². The molecule has 1 saturated carbocycles. The first kappa shape index (κ1) is 26.2. The van der Waals surface area contributed by atoms with E-state index in [0.717, 1.165) is 46.8 Å². The summed E-state index contributed by atoms with van der Waals surface area (Å²) in [6.45, 7) is 0.392. The number of nitrogens with one attached hydrogen (secondary N) is 1. The van der Waals surface area contributed by atoms with E-state index in [4.69, 9.17) is 0 Å². The topological polar surface area (TPSA) is 49.4 Å².